The molecule has 79 heavy (non-hydrogen) atoms. The van der Waals surface area contributed by atoms with Gasteiger partial charge in [0.05, 0.1) is 23.3 Å². The van der Waals surface area contributed by atoms with E-state index in [2.05, 4.69) is 218 Å². The monoisotopic (exact) mass is 1040 g/mol. The van der Waals surface area contributed by atoms with E-state index >= 15 is 0 Å². The van der Waals surface area contributed by atoms with Crippen LogP contribution in [0.15, 0.2) is 194 Å². The van der Waals surface area contributed by atoms with Crippen molar-refractivity contribution in [3.63, 3.8) is 0 Å². The molecule has 0 radical (unpaired) electrons. The van der Waals surface area contributed by atoms with E-state index in [1.165, 1.54) is 88.6 Å². The molecular formula is C70H49F4N5. The standard InChI is InChI=1S/C25H19N.C25H18.C12H12N2.C8F4N2/c1-26-24-14-12-20(18-8-4-2-5-9-18)16-22(24)23-17-21(13-15-25(23)26)19-10-6-3-7-11-19;1-3-7-18(8-4-1)20-11-13-22-15-23-14-12-21(17-25(23)24(22)16-20)19-9-5-2-6-10-19;1-7-8(2)12(6-14)10(4)9(3)11(7)5-13;9-5-3(1-13)6(10)8(12)4(2-14)7(5)11/h2-17H,1H3;1-14,16-17H,15H2;1-4H3;. The third-order valence-corrected chi connectivity index (χ3v) is 14.7. The molecule has 9 heteroatoms. The van der Waals surface area contributed by atoms with E-state index in [0.717, 1.165) is 40.8 Å². The van der Waals surface area contributed by atoms with E-state index in [4.69, 9.17) is 21.0 Å². The first-order valence-corrected chi connectivity index (χ1v) is 25.3. The van der Waals surface area contributed by atoms with Crippen molar-refractivity contribution in [1.82, 2.24) is 4.57 Å². The number of hydrogen-bond donors (Lipinski definition) is 0. The maximum Gasteiger partial charge on any atom is 0.181 e. The molecule has 0 bridgehead atoms. The first kappa shape index (κ1) is 53.5. The molecule has 0 amide bonds. The molecule has 0 unspecified atom stereocenters. The molecule has 1 heterocycles. The zero-order valence-electron chi connectivity index (χ0n) is 43.9. The molecule has 1 aliphatic rings. The van der Waals surface area contributed by atoms with Crippen molar-refractivity contribution in [1.29, 1.82) is 21.0 Å². The average Bonchev–Trinajstić information content (AvgIpc) is 4.25. The average molecular weight is 1040 g/mol. The van der Waals surface area contributed by atoms with Crippen LogP contribution in [0.3, 0.4) is 0 Å². The van der Waals surface area contributed by atoms with Gasteiger partial charge in [0.2, 0.25) is 0 Å². The summed E-state index contributed by atoms with van der Waals surface area (Å²) >= 11 is 0. The number of halogens is 4. The highest BCUT2D eigenvalue weighted by molar-refractivity contribution is 6.10. The summed E-state index contributed by atoms with van der Waals surface area (Å²) in [6.07, 6.45) is 1.04. The minimum Gasteiger partial charge on any atom is -0.344 e. The molecule has 10 aromatic carbocycles. The van der Waals surface area contributed by atoms with Crippen LogP contribution in [0, 0.1) is 96.3 Å². The topological polar surface area (TPSA) is 100 Å². The van der Waals surface area contributed by atoms with Crippen LogP contribution < -0.4 is 0 Å². The molecule has 382 valence electrons. The molecule has 1 aliphatic carbocycles. The predicted molar refractivity (Wildman–Crippen MR) is 307 cm³/mol. The lowest BCUT2D eigenvalue weighted by Gasteiger charge is -2.12. The van der Waals surface area contributed by atoms with Crippen LogP contribution in [0.4, 0.5) is 17.6 Å². The fourth-order valence-corrected chi connectivity index (χ4v) is 10.1. The first-order valence-electron chi connectivity index (χ1n) is 25.3. The number of rotatable bonds is 4. The van der Waals surface area contributed by atoms with Crippen LogP contribution in [0.1, 0.15) is 55.6 Å². The van der Waals surface area contributed by atoms with Gasteiger partial charge in [0.1, 0.15) is 23.3 Å². The molecule has 1 aromatic heterocycles. The zero-order chi connectivity index (χ0) is 55.9. The number of benzene rings is 10. The normalized spacial score (nSPS) is 10.7. The Kier molecular flexibility index (Phi) is 15.8. The molecule has 12 rings (SSSR count). The zero-order valence-corrected chi connectivity index (χ0v) is 43.9. The lowest BCUT2D eigenvalue weighted by molar-refractivity contribution is 0.446. The van der Waals surface area contributed by atoms with Crippen LogP contribution in [0.5, 0.6) is 0 Å². The van der Waals surface area contributed by atoms with Crippen molar-refractivity contribution in [2.75, 3.05) is 0 Å². The molecule has 0 N–H and O–H groups in total. The second-order valence-electron chi connectivity index (χ2n) is 19.1. The number of aryl methyl sites for hydroxylation is 1. The minimum atomic E-state index is -1.86. The Morgan fingerprint density at radius 1 is 0.329 bits per heavy atom. The first-order chi connectivity index (χ1) is 38.3. The molecule has 0 atom stereocenters. The maximum absolute atomic E-state index is 12.7. The largest absolute Gasteiger partial charge is 0.344 e. The Morgan fingerprint density at radius 2 is 0.595 bits per heavy atom. The van der Waals surface area contributed by atoms with Gasteiger partial charge in [0.25, 0.3) is 0 Å². The lowest BCUT2D eigenvalue weighted by Crippen LogP contribution is -2.04. The predicted octanol–water partition coefficient (Wildman–Crippen LogP) is 17.9. The molecule has 0 saturated heterocycles. The van der Waals surface area contributed by atoms with E-state index in [1.807, 2.05) is 27.7 Å². The van der Waals surface area contributed by atoms with Crippen molar-refractivity contribution >= 4 is 21.8 Å². The van der Waals surface area contributed by atoms with E-state index in [1.54, 1.807) is 0 Å². The van der Waals surface area contributed by atoms with Crippen molar-refractivity contribution in [3.05, 3.63) is 273 Å². The molecule has 0 saturated carbocycles. The number of fused-ring (bicyclic) bond motifs is 6. The number of hydrogen-bond acceptors (Lipinski definition) is 4. The number of nitriles is 4. The molecule has 0 spiro atoms. The van der Waals surface area contributed by atoms with Crippen LogP contribution in [0.2, 0.25) is 0 Å². The van der Waals surface area contributed by atoms with E-state index in [9.17, 15) is 17.6 Å². The summed E-state index contributed by atoms with van der Waals surface area (Å²) < 4.78 is 53.2. The van der Waals surface area contributed by atoms with E-state index < -0.39 is 34.4 Å². The van der Waals surface area contributed by atoms with E-state index in [-0.39, 0.29) is 0 Å². The van der Waals surface area contributed by atoms with Crippen molar-refractivity contribution in [2.45, 2.75) is 34.1 Å². The highest BCUT2D eigenvalue weighted by atomic mass is 19.2. The van der Waals surface area contributed by atoms with Gasteiger partial charge in [-0.25, -0.2) is 17.6 Å². The van der Waals surface area contributed by atoms with Gasteiger partial charge in [-0.3, -0.25) is 0 Å². The number of nitrogens with zero attached hydrogens (tertiary/aromatic N) is 5. The minimum absolute atomic E-state index is 0.707. The van der Waals surface area contributed by atoms with Gasteiger partial charge in [-0.1, -0.05) is 158 Å². The second-order valence-corrected chi connectivity index (χ2v) is 19.1. The molecular weight excluding hydrogens is 987 g/mol. The third-order valence-electron chi connectivity index (χ3n) is 14.7. The Morgan fingerprint density at radius 3 is 0.873 bits per heavy atom. The maximum atomic E-state index is 12.7. The lowest BCUT2D eigenvalue weighted by atomic mass is 9.90. The van der Waals surface area contributed by atoms with Crippen molar-refractivity contribution < 1.29 is 17.6 Å². The molecule has 0 fully saturated rings. The fourth-order valence-electron chi connectivity index (χ4n) is 10.1. The summed E-state index contributed by atoms with van der Waals surface area (Å²) in [6, 6.07) is 76.0. The Hall–Kier alpha value is -10.3. The summed E-state index contributed by atoms with van der Waals surface area (Å²) in [5, 5.41) is 36.9. The van der Waals surface area contributed by atoms with Gasteiger partial charge in [0, 0.05) is 28.9 Å². The molecule has 11 aromatic rings. The Bertz CT molecular complexity index is 3870. The van der Waals surface area contributed by atoms with Gasteiger partial charge in [0.15, 0.2) is 23.3 Å². The summed E-state index contributed by atoms with van der Waals surface area (Å²) in [5.41, 5.74) is 20.7. The van der Waals surface area contributed by atoms with E-state index in [0.29, 0.717) is 11.1 Å². The van der Waals surface area contributed by atoms with Gasteiger partial charge >= 0.3 is 0 Å². The quantitative estimate of drug-likeness (QED) is 0.129. The van der Waals surface area contributed by atoms with Crippen LogP contribution in [0.25, 0.3) is 77.4 Å². The summed E-state index contributed by atoms with van der Waals surface area (Å²) in [6.45, 7) is 7.56. The summed E-state index contributed by atoms with van der Waals surface area (Å²) in [4.78, 5) is 0. The second kappa shape index (κ2) is 23.3. The van der Waals surface area contributed by atoms with Gasteiger partial charge in [-0.05, 0) is 160 Å². The fraction of sp³-hybridized carbons (Fsp3) is 0.0857. The number of aromatic nitrogens is 1. The summed E-state index contributed by atoms with van der Waals surface area (Å²) in [5.74, 6) is -7.43. The van der Waals surface area contributed by atoms with Gasteiger partial charge < -0.3 is 4.57 Å². The highest BCUT2D eigenvalue weighted by Gasteiger charge is 2.25. The van der Waals surface area contributed by atoms with Gasteiger partial charge in [-0.15, -0.1) is 0 Å². The van der Waals surface area contributed by atoms with Crippen LogP contribution in [-0.2, 0) is 13.5 Å². The summed E-state index contributed by atoms with van der Waals surface area (Å²) in [7, 11) is 2.15. The van der Waals surface area contributed by atoms with Crippen LogP contribution in [-0.4, -0.2) is 4.57 Å². The molecule has 0 aliphatic heterocycles. The SMILES string of the molecule is Cc1c(C)c(C#N)c(C)c(C)c1C#N.Cn1c2ccc(-c3ccccc3)cc2c2cc(-c3ccccc3)ccc21.N#Cc1c(F)c(F)c(C#N)c(F)c1F.c1ccc(-c2ccc3c(c2)-c2cc(-c4ccccc4)ccc2C3)cc1. The third kappa shape index (κ3) is 10.6. The Labute approximate surface area is 457 Å². The van der Waals surface area contributed by atoms with Crippen molar-refractivity contribution in [2.24, 2.45) is 7.05 Å². The molecule has 5 nitrogen and oxygen atoms in total. The van der Waals surface area contributed by atoms with Crippen molar-refractivity contribution in [3.8, 4) is 79.9 Å². The smallest absolute Gasteiger partial charge is 0.181 e. The highest BCUT2D eigenvalue weighted by Crippen LogP contribution is 2.41. The van der Waals surface area contributed by atoms with Crippen LogP contribution >= 0.6 is 0 Å². The Balaban J connectivity index is 0.000000133. The van der Waals surface area contributed by atoms with Gasteiger partial charge in [-0.2, -0.15) is 21.0 Å².